The van der Waals surface area contributed by atoms with E-state index in [2.05, 4.69) is 16.5 Å². The number of nitrogens with zero attached hydrogens (tertiary/aromatic N) is 1. The van der Waals surface area contributed by atoms with Crippen LogP contribution in [0.15, 0.2) is 12.1 Å². The van der Waals surface area contributed by atoms with Crippen molar-refractivity contribution in [3.8, 4) is 5.75 Å². The number of benzene rings is 1. The van der Waals surface area contributed by atoms with Crippen LogP contribution < -0.4 is 14.4 Å². The number of carbonyl (C=O) groups excluding carboxylic acids is 1. The maximum absolute atomic E-state index is 11.9. The second-order valence-corrected chi connectivity index (χ2v) is 5.06. The highest BCUT2D eigenvalue weighted by Crippen LogP contribution is 2.43. The van der Waals surface area contributed by atoms with Crippen molar-refractivity contribution in [1.82, 2.24) is 0 Å². The van der Waals surface area contributed by atoms with Crippen molar-refractivity contribution in [1.29, 1.82) is 0 Å². The Labute approximate surface area is 107 Å². The number of ether oxygens (including phenoxy) is 1. The number of fused-ring (bicyclic) bond motifs is 1. The van der Waals surface area contributed by atoms with Crippen LogP contribution in [-0.2, 0) is 4.79 Å². The van der Waals surface area contributed by atoms with Crippen LogP contribution in [0, 0.1) is 0 Å². The summed E-state index contributed by atoms with van der Waals surface area (Å²) in [7, 11) is 0. The molecule has 0 aromatic heterocycles. The normalized spacial score (nSPS) is 17.9. The second-order valence-electron chi connectivity index (χ2n) is 4.14. The SMILES string of the molecule is CC1(C)Oc2cc(N)cc(Cl)c2[N]([Al])C1=O. The molecule has 2 N–H and O–H groups in total. The minimum Gasteiger partial charge on any atom is -0.476 e. The van der Waals surface area contributed by atoms with Crippen molar-refractivity contribution in [3.63, 3.8) is 0 Å². The number of nitrogen functional groups attached to an aromatic ring is 1. The summed E-state index contributed by atoms with van der Waals surface area (Å²) in [5.74, 6) is 0.348. The van der Waals surface area contributed by atoms with Crippen LogP contribution in [0.25, 0.3) is 0 Å². The Kier molecular flexibility index (Phi) is 2.58. The lowest BCUT2D eigenvalue weighted by Crippen LogP contribution is -2.51. The van der Waals surface area contributed by atoms with Crippen LogP contribution in [0.2, 0.25) is 5.02 Å². The maximum atomic E-state index is 11.9. The molecule has 0 saturated heterocycles. The first-order valence-electron chi connectivity index (χ1n) is 4.70. The molecule has 1 amide bonds. The smallest absolute Gasteiger partial charge is 0.323 e. The molecule has 2 rings (SSSR count). The van der Waals surface area contributed by atoms with Crippen molar-refractivity contribution < 1.29 is 9.53 Å². The van der Waals surface area contributed by atoms with E-state index in [4.69, 9.17) is 22.1 Å². The Balaban J connectivity index is 2.64. The molecule has 2 radical (unpaired) electrons. The predicted molar refractivity (Wildman–Crippen MR) is 63.8 cm³/mol. The molecule has 0 spiro atoms. The van der Waals surface area contributed by atoms with E-state index in [1.807, 2.05) is 0 Å². The van der Waals surface area contributed by atoms with Crippen molar-refractivity contribution in [3.05, 3.63) is 17.2 Å². The van der Waals surface area contributed by atoms with Crippen molar-refractivity contribution in [2.75, 3.05) is 9.62 Å². The zero-order chi connectivity index (χ0) is 12.1. The van der Waals surface area contributed by atoms with Gasteiger partial charge in [-0.2, -0.15) is 0 Å². The molecular weight excluding hydrogens is 243 g/mol. The van der Waals surface area contributed by atoms with Gasteiger partial charge in [0.1, 0.15) is 5.75 Å². The Bertz CT molecular complexity index is 476. The Hall–Kier alpha value is -0.888. The molecule has 82 valence electrons. The maximum Gasteiger partial charge on any atom is 0.323 e. The van der Waals surface area contributed by atoms with Crippen LogP contribution in [0.4, 0.5) is 11.4 Å². The monoisotopic (exact) mass is 252 g/mol. The molecule has 4 nitrogen and oxygen atoms in total. The van der Waals surface area contributed by atoms with Gasteiger partial charge in [0.05, 0.1) is 10.7 Å². The highest BCUT2D eigenvalue weighted by atomic mass is 35.5. The van der Waals surface area contributed by atoms with Crippen LogP contribution >= 0.6 is 11.6 Å². The average molecular weight is 253 g/mol. The van der Waals surface area contributed by atoms with Crippen molar-refractivity contribution in [2.45, 2.75) is 19.4 Å². The van der Waals surface area contributed by atoms with Gasteiger partial charge in [0.2, 0.25) is 5.91 Å². The van der Waals surface area contributed by atoms with Crippen LogP contribution in [0.5, 0.6) is 5.75 Å². The lowest BCUT2D eigenvalue weighted by molar-refractivity contribution is -0.131. The quantitative estimate of drug-likeness (QED) is 0.562. The summed E-state index contributed by atoms with van der Waals surface area (Å²) < 4.78 is 7.01. The van der Waals surface area contributed by atoms with Gasteiger partial charge in [0.15, 0.2) is 5.60 Å². The first kappa shape index (κ1) is 11.6. The minimum atomic E-state index is -0.911. The van der Waals surface area contributed by atoms with E-state index in [9.17, 15) is 4.79 Å². The molecule has 0 fully saturated rings. The molecule has 1 aromatic rings. The fourth-order valence-electron chi connectivity index (χ4n) is 1.62. The van der Waals surface area contributed by atoms with E-state index >= 15 is 0 Å². The third-order valence-corrected chi connectivity index (χ3v) is 3.17. The second kappa shape index (κ2) is 3.56. The summed E-state index contributed by atoms with van der Waals surface area (Å²) in [6, 6.07) is 3.25. The van der Waals surface area contributed by atoms with Gasteiger partial charge in [0.25, 0.3) is 0 Å². The number of rotatable bonds is 0. The molecule has 1 aliphatic rings. The first-order valence-corrected chi connectivity index (χ1v) is 5.59. The van der Waals surface area contributed by atoms with E-state index in [1.165, 1.54) is 3.88 Å². The topological polar surface area (TPSA) is 55.6 Å². The average Bonchev–Trinajstić information content (AvgIpc) is 2.12. The zero-order valence-electron chi connectivity index (χ0n) is 8.95. The number of carbonyl (C=O) groups is 1. The molecule has 0 bridgehead atoms. The summed E-state index contributed by atoms with van der Waals surface area (Å²) in [6.07, 6.45) is 0. The summed E-state index contributed by atoms with van der Waals surface area (Å²) in [6.45, 7) is 3.40. The van der Waals surface area contributed by atoms with Crippen LogP contribution in [0.1, 0.15) is 13.8 Å². The number of amides is 1. The number of hydrogen-bond donors (Lipinski definition) is 1. The Morgan fingerprint density at radius 1 is 1.50 bits per heavy atom. The highest BCUT2D eigenvalue weighted by molar-refractivity contribution is 6.40. The van der Waals surface area contributed by atoms with E-state index in [1.54, 1.807) is 26.0 Å². The fourth-order valence-corrected chi connectivity index (χ4v) is 2.58. The fraction of sp³-hybridized carbons (Fsp3) is 0.300. The number of hydrogen-bond acceptors (Lipinski definition) is 3. The molecule has 0 saturated carbocycles. The van der Waals surface area contributed by atoms with Crippen molar-refractivity contribution >= 4 is 45.4 Å². The number of halogens is 1. The van der Waals surface area contributed by atoms with Gasteiger partial charge in [-0.3, -0.25) is 4.79 Å². The van der Waals surface area contributed by atoms with Gasteiger partial charge in [-0.1, -0.05) is 11.6 Å². The Morgan fingerprint density at radius 3 is 2.75 bits per heavy atom. The lowest BCUT2D eigenvalue weighted by Gasteiger charge is -2.39. The standard InChI is InChI=1S/C10H11ClN2O2.Al/c1-10(2)9(14)13-8-6(11)3-5(12)4-7(8)15-10;/h3-4H,12H2,1-2H3,(H,13,14);/q;+1/p-1. The zero-order valence-corrected chi connectivity index (χ0v) is 10.9. The van der Waals surface area contributed by atoms with E-state index in [-0.39, 0.29) is 5.91 Å². The molecule has 6 heteroatoms. The van der Waals surface area contributed by atoms with E-state index in [0.717, 1.165) is 0 Å². The molecular formula is C10H10AlClN2O2. The van der Waals surface area contributed by atoms with Gasteiger partial charge in [0, 0.05) is 11.8 Å². The molecule has 1 aromatic carbocycles. The molecule has 0 unspecified atom stereocenters. The largest absolute Gasteiger partial charge is 0.476 e. The van der Waals surface area contributed by atoms with E-state index < -0.39 is 5.60 Å². The van der Waals surface area contributed by atoms with Gasteiger partial charge in [-0.25, -0.2) is 0 Å². The summed E-state index contributed by atoms with van der Waals surface area (Å²) in [5, 5.41) is 0.397. The summed E-state index contributed by atoms with van der Waals surface area (Å²) in [5.41, 5.74) is 5.81. The predicted octanol–water partition coefficient (Wildman–Crippen LogP) is 1.51. The number of nitrogens with two attached hydrogens (primary N) is 1. The molecule has 0 aliphatic carbocycles. The van der Waals surface area contributed by atoms with E-state index in [0.29, 0.717) is 22.1 Å². The van der Waals surface area contributed by atoms with Crippen LogP contribution in [-0.4, -0.2) is 28.0 Å². The molecule has 0 atom stereocenters. The third kappa shape index (κ3) is 1.65. The van der Waals surface area contributed by atoms with Gasteiger partial charge < -0.3 is 14.4 Å². The van der Waals surface area contributed by atoms with Crippen molar-refractivity contribution in [2.24, 2.45) is 0 Å². The lowest BCUT2D eigenvalue weighted by atomic mass is 10.1. The van der Waals surface area contributed by atoms with Gasteiger partial charge in [-0.15, -0.1) is 0 Å². The van der Waals surface area contributed by atoms with Gasteiger partial charge >= 0.3 is 16.5 Å². The first-order chi connectivity index (χ1) is 7.33. The molecule has 1 heterocycles. The third-order valence-electron chi connectivity index (χ3n) is 2.39. The molecule has 16 heavy (non-hydrogen) atoms. The Morgan fingerprint density at radius 2 is 2.12 bits per heavy atom. The molecule has 1 aliphatic heterocycles. The summed E-state index contributed by atoms with van der Waals surface area (Å²) in [4.78, 5) is 11.9. The highest BCUT2D eigenvalue weighted by Gasteiger charge is 2.39. The van der Waals surface area contributed by atoms with Crippen LogP contribution in [0.3, 0.4) is 0 Å². The minimum absolute atomic E-state index is 0.170. The summed E-state index contributed by atoms with van der Waals surface area (Å²) >= 11 is 8.38. The number of anilines is 2. The van der Waals surface area contributed by atoms with Gasteiger partial charge in [-0.05, 0) is 19.9 Å².